The third kappa shape index (κ3) is 2.44. The Balaban J connectivity index is 2.49. The molecule has 2 nitrogen and oxygen atoms in total. The molecule has 1 heterocycles. The van der Waals surface area contributed by atoms with Crippen LogP contribution in [0, 0.1) is 5.92 Å². The highest BCUT2D eigenvalue weighted by Crippen LogP contribution is 2.18. The molecular formula is C11H17NO. The molecule has 13 heavy (non-hydrogen) atoms. The van der Waals surface area contributed by atoms with Crippen LogP contribution in [0.4, 0.5) is 0 Å². The molecule has 1 saturated heterocycles. The van der Waals surface area contributed by atoms with Crippen molar-refractivity contribution in [2.75, 3.05) is 13.1 Å². The fraction of sp³-hybridized carbons (Fsp3) is 0.545. The molecule has 0 aromatic rings. The summed E-state index contributed by atoms with van der Waals surface area (Å²) in [4.78, 5) is 12.8. The van der Waals surface area contributed by atoms with Crippen molar-refractivity contribution in [1.29, 1.82) is 0 Å². The molecule has 0 aliphatic carbocycles. The molecule has 0 unspecified atom stereocenters. The molecule has 0 bridgehead atoms. The summed E-state index contributed by atoms with van der Waals surface area (Å²) >= 11 is 0. The van der Waals surface area contributed by atoms with Gasteiger partial charge in [-0.25, -0.2) is 0 Å². The normalized spacial score (nSPS) is 20.1. The Morgan fingerprint density at radius 1 is 1.46 bits per heavy atom. The van der Waals surface area contributed by atoms with E-state index in [4.69, 9.17) is 0 Å². The van der Waals surface area contributed by atoms with E-state index in [-0.39, 0.29) is 5.92 Å². The summed E-state index contributed by atoms with van der Waals surface area (Å²) < 4.78 is 0. The Labute approximate surface area is 79.9 Å². The number of carbonyl (C=O) groups is 1. The van der Waals surface area contributed by atoms with E-state index in [0.29, 0.717) is 0 Å². The van der Waals surface area contributed by atoms with Crippen LogP contribution in [-0.2, 0) is 4.79 Å². The number of aldehydes is 1. The molecule has 1 fully saturated rings. The zero-order valence-electron chi connectivity index (χ0n) is 8.20. The second-order valence-corrected chi connectivity index (χ2v) is 3.38. The Hall–Kier alpha value is -1.05. The Morgan fingerprint density at radius 3 is 2.46 bits per heavy atom. The van der Waals surface area contributed by atoms with Crippen LogP contribution in [0.15, 0.2) is 24.4 Å². The molecule has 0 spiro atoms. The average Bonchev–Trinajstić information content (AvgIpc) is 2.21. The number of hydrogen-bond acceptors (Lipinski definition) is 2. The van der Waals surface area contributed by atoms with Crippen LogP contribution in [0.3, 0.4) is 0 Å². The minimum absolute atomic E-state index is 0.277. The molecule has 0 N–H and O–H groups in total. The van der Waals surface area contributed by atoms with Crippen LogP contribution in [0.2, 0.25) is 0 Å². The zero-order valence-corrected chi connectivity index (χ0v) is 8.20. The van der Waals surface area contributed by atoms with Crippen molar-refractivity contribution in [3.8, 4) is 0 Å². The summed E-state index contributed by atoms with van der Waals surface area (Å²) in [5, 5.41) is 0. The van der Waals surface area contributed by atoms with Crippen molar-refractivity contribution in [3.63, 3.8) is 0 Å². The zero-order chi connectivity index (χ0) is 9.68. The molecule has 2 heteroatoms. The van der Waals surface area contributed by atoms with Gasteiger partial charge in [-0.15, -0.1) is 0 Å². The molecule has 1 rings (SSSR count). The first-order valence-corrected chi connectivity index (χ1v) is 4.80. The predicted octanol–water partition coefficient (Wildman–Crippen LogP) is 1.99. The molecule has 0 aromatic carbocycles. The maximum atomic E-state index is 10.5. The Bertz CT molecular complexity index is 212. The SMILES string of the molecule is C=C/C(=C\C)N1CCC(C=O)CC1. The van der Waals surface area contributed by atoms with Gasteiger partial charge < -0.3 is 9.69 Å². The van der Waals surface area contributed by atoms with Crippen molar-refractivity contribution in [2.24, 2.45) is 5.92 Å². The van der Waals surface area contributed by atoms with Gasteiger partial charge in [-0.2, -0.15) is 0 Å². The van der Waals surface area contributed by atoms with E-state index in [9.17, 15) is 4.79 Å². The highest BCUT2D eigenvalue weighted by atomic mass is 16.1. The largest absolute Gasteiger partial charge is 0.372 e. The summed E-state index contributed by atoms with van der Waals surface area (Å²) in [5.74, 6) is 0.277. The predicted molar refractivity (Wildman–Crippen MR) is 54.3 cm³/mol. The van der Waals surface area contributed by atoms with Gasteiger partial charge in [-0.05, 0) is 25.8 Å². The van der Waals surface area contributed by atoms with Crippen LogP contribution in [0.5, 0.6) is 0 Å². The second-order valence-electron chi connectivity index (χ2n) is 3.38. The van der Waals surface area contributed by atoms with Gasteiger partial charge in [0.2, 0.25) is 0 Å². The van der Waals surface area contributed by atoms with E-state index in [1.165, 1.54) is 5.70 Å². The van der Waals surface area contributed by atoms with Gasteiger partial charge in [-0.3, -0.25) is 0 Å². The number of piperidine rings is 1. The summed E-state index contributed by atoms with van der Waals surface area (Å²) in [6, 6.07) is 0. The van der Waals surface area contributed by atoms with E-state index < -0.39 is 0 Å². The minimum atomic E-state index is 0.277. The molecule has 0 atom stereocenters. The summed E-state index contributed by atoms with van der Waals surface area (Å²) in [6.45, 7) is 7.75. The Kier molecular flexibility index (Phi) is 3.74. The molecule has 72 valence electrons. The number of allylic oxidation sites excluding steroid dienone is 2. The first-order chi connectivity index (χ1) is 6.31. The van der Waals surface area contributed by atoms with Gasteiger partial charge in [-0.1, -0.05) is 12.7 Å². The van der Waals surface area contributed by atoms with Gasteiger partial charge in [0, 0.05) is 24.7 Å². The van der Waals surface area contributed by atoms with E-state index in [2.05, 4.69) is 17.6 Å². The lowest BCUT2D eigenvalue weighted by Crippen LogP contribution is -2.32. The third-order valence-corrected chi connectivity index (χ3v) is 2.60. The molecular weight excluding hydrogens is 162 g/mol. The number of hydrogen-bond donors (Lipinski definition) is 0. The second kappa shape index (κ2) is 4.85. The maximum Gasteiger partial charge on any atom is 0.123 e. The fourth-order valence-electron chi connectivity index (χ4n) is 1.72. The smallest absolute Gasteiger partial charge is 0.123 e. The van der Waals surface area contributed by atoms with Crippen LogP contribution < -0.4 is 0 Å². The lowest BCUT2D eigenvalue weighted by Gasteiger charge is -2.32. The summed E-state index contributed by atoms with van der Waals surface area (Å²) in [5.41, 5.74) is 1.18. The molecule has 1 aliphatic heterocycles. The number of rotatable bonds is 3. The molecule has 0 amide bonds. The van der Waals surface area contributed by atoms with Gasteiger partial charge in [0.25, 0.3) is 0 Å². The molecule has 0 saturated carbocycles. The van der Waals surface area contributed by atoms with Crippen LogP contribution >= 0.6 is 0 Å². The summed E-state index contributed by atoms with van der Waals surface area (Å²) in [6.07, 6.45) is 6.99. The van der Waals surface area contributed by atoms with E-state index in [1.54, 1.807) is 0 Å². The molecule has 0 aromatic heterocycles. The van der Waals surface area contributed by atoms with Gasteiger partial charge in [0.05, 0.1) is 0 Å². The van der Waals surface area contributed by atoms with E-state index in [0.717, 1.165) is 32.2 Å². The average molecular weight is 179 g/mol. The highest BCUT2D eigenvalue weighted by Gasteiger charge is 2.18. The lowest BCUT2D eigenvalue weighted by molar-refractivity contribution is -0.112. The van der Waals surface area contributed by atoms with E-state index >= 15 is 0 Å². The first kappa shape index (κ1) is 10.0. The Morgan fingerprint density at radius 2 is 2.08 bits per heavy atom. The molecule has 1 aliphatic rings. The number of nitrogens with zero attached hydrogens (tertiary/aromatic N) is 1. The van der Waals surface area contributed by atoms with E-state index in [1.807, 2.05) is 13.0 Å². The number of carbonyl (C=O) groups excluding carboxylic acids is 1. The number of likely N-dealkylation sites (tertiary alicyclic amines) is 1. The van der Waals surface area contributed by atoms with Gasteiger partial charge in [0.15, 0.2) is 0 Å². The topological polar surface area (TPSA) is 20.3 Å². The molecule has 0 radical (unpaired) electrons. The monoisotopic (exact) mass is 179 g/mol. The van der Waals surface area contributed by atoms with Crippen LogP contribution in [0.25, 0.3) is 0 Å². The van der Waals surface area contributed by atoms with Gasteiger partial charge >= 0.3 is 0 Å². The van der Waals surface area contributed by atoms with Crippen molar-refractivity contribution in [3.05, 3.63) is 24.4 Å². The fourth-order valence-corrected chi connectivity index (χ4v) is 1.72. The first-order valence-electron chi connectivity index (χ1n) is 4.80. The lowest BCUT2D eigenvalue weighted by atomic mass is 9.98. The van der Waals surface area contributed by atoms with Crippen molar-refractivity contribution in [1.82, 2.24) is 4.90 Å². The minimum Gasteiger partial charge on any atom is -0.372 e. The quantitative estimate of drug-likeness (QED) is 0.488. The summed E-state index contributed by atoms with van der Waals surface area (Å²) in [7, 11) is 0. The van der Waals surface area contributed by atoms with Crippen molar-refractivity contribution >= 4 is 6.29 Å². The van der Waals surface area contributed by atoms with Gasteiger partial charge in [0.1, 0.15) is 6.29 Å². The standard InChI is InChI=1S/C11H17NO/c1-3-11(4-2)12-7-5-10(9-13)6-8-12/h3-4,9-10H,1,5-8H2,2H3/b11-4+. The maximum absolute atomic E-state index is 10.5. The highest BCUT2D eigenvalue weighted by molar-refractivity contribution is 5.53. The van der Waals surface area contributed by atoms with Crippen molar-refractivity contribution < 1.29 is 4.79 Å². The van der Waals surface area contributed by atoms with Crippen molar-refractivity contribution in [2.45, 2.75) is 19.8 Å². The van der Waals surface area contributed by atoms with Crippen LogP contribution in [0.1, 0.15) is 19.8 Å². The third-order valence-electron chi connectivity index (χ3n) is 2.60. The van der Waals surface area contributed by atoms with Crippen LogP contribution in [-0.4, -0.2) is 24.3 Å².